The van der Waals surface area contributed by atoms with Gasteiger partial charge in [0.25, 0.3) is 0 Å². The Labute approximate surface area is 103 Å². The lowest BCUT2D eigenvalue weighted by molar-refractivity contribution is -0.128. The summed E-state index contributed by atoms with van der Waals surface area (Å²) in [5, 5.41) is 3.08. The average Bonchev–Trinajstić information content (AvgIpc) is 3.07. The van der Waals surface area contributed by atoms with E-state index >= 15 is 0 Å². The Balaban J connectivity index is 1.99. The Kier molecular flexibility index (Phi) is 2.98. The summed E-state index contributed by atoms with van der Waals surface area (Å²) >= 11 is 0. The quantitative estimate of drug-likeness (QED) is 0.851. The van der Waals surface area contributed by atoms with Crippen LogP contribution in [0.1, 0.15) is 39.2 Å². The summed E-state index contributed by atoms with van der Waals surface area (Å²) in [4.78, 5) is 11.9. The van der Waals surface area contributed by atoms with Crippen LogP contribution in [0.25, 0.3) is 0 Å². The zero-order valence-electron chi connectivity index (χ0n) is 10.9. The highest BCUT2D eigenvalue weighted by Gasteiger charge is 2.44. The summed E-state index contributed by atoms with van der Waals surface area (Å²) in [5.74, 6) is 0.139. The van der Waals surface area contributed by atoms with Gasteiger partial charge in [0, 0.05) is 17.4 Å². The van der Waals surface area contributed by atoms with Crippen molar-refractivity contribution in [3.8, 4) is 0 Å². The second-order valence-electron chi connectivity index (χ2n) is 6.08. The van der Waals surface area contributed by atoms with Crippen LogP contribution in [0.4, 0.5) is 0 Å². The van der Waals surface area contributed by atoms with Gasteiger partial charge in [-0.1, -0.05) is 51.1 Å². The van der Waals surface area contributed by atoms with Gasteiger partial charge in [-0.2, -0.15) is 0 Å². The summed E-state index contributed by atoms with van der Waals surface area (Å²) in [7, 11) is 0. The molecule has 0 atom stereocenters. The maximum Gasteiger partial charge on any atom is 0.225 e. The van der Waals surface area contributed by atoms with Crippen molar-refractivity contribution in [2.45, 2.75) is 39.0 Å². The fourth-order valence-corrected chi connectivity index (χ4v) is 2.02. The minimum Gasteiger partial charge on any atom is -0.355 e. The molecule has 0 bridgehead atoms. The number of carbonyl (C=O) groups excluding carboxylic acids is 1. The fraction of sp³-hybridized carbons (Fsp3) is 0.533. The Morgan fingerprint density at radius 1 is 1.24 bits per heavy atom. The first-order valence-electron chi connectivity index (χ1n) is 6.28. The van der Waals surface area contributed by atoms with Gasteiger partial charge in [-0.25, -0.2) is 0 Å². The first kappa shape index (κ1) is 12.2. The maximum atomic E-state index is 11.9. The first-order valence-corrected chi connectivity index (χ1v) is 6.28. The van der Waals surface area contributed by atoms with Gasteiger partial charge in [-0.15, -0.1) is 0 Å². The minimum atomic E-state index is -0.299. The van der Waals surface area contributed by atoms with Crippen molar-refractivity contribution in [2.75, 3.05) is 6.54 Å². The molecule has 1 saturated carbocycles. The highest BCUT2D eigenvalue weighted by molar-refractivity contribution is 5.81. The number of hydrogen-bond donors (Lipinski definition) is 1. The van der Waals surface area contributed by atoms with E-state index in [1.165, 1.54) is 18.4 Å². The number of amides is 1. The van der Waals surface area contributed by atoms with Crippen molar-refractivity contribution in [1.82, 2.24) is 5.32 Å². The molecule has 0 spiro atoms. The molecular formula is C15H21NO. The molecule has 0 aromatic heterocycles. The van der Waals surface area contributed by atoms with Gasteiger partial charge in [0.15, 0.2) is 0 Å². The Morgan fingerprint density at radius 3 is 2.29 bits per heavy atom. The molecule has 2 rings (SSSR count). The Bertz CT molecular complexity index is 399. The van der Waals surface area contributed by atoms with E-state index in [-0.39, 0.29) is 16.7 Å². The maximum absolute atomic E-state index is 11.9. The smallest absolute Gasteiger partial charge is 0.225 e. The molecule has 1 amide bonds. The van der Waals surface area contributed by atoms with Crippen LogP contribution in [-0.2, 0) is 10.2 Å². The molecule has 0 heterocycles. The van der Waals surface area contributed by atoms with Gasteiger partial charge in [0.05, 0.1) is 0 Å². The van der Waals surface area contributed by atoms with E-state index in [9.17, 15) is 4.79 Å². The standard InChI is InChI=1S/C15H21NO/c1-14(2,3)13(17)16-11-15(9-10-15)12-7-5-4-6-8-12/h4-8H,9-11H2,1-3H3,(H,16,17). The van der Waals surface area contributed by atoms with Crippen LogP contribution in [0.2, 0.25) is 0 Å². The molecule has 2 nitrogen and oxygen atoms in total. The summed E-state index contributed by atoms with van der Waals surface area (Å²) < 4.78 is 0. The molecule has 17 heavy (non-hydrogen) atoms. The zero-order valence-corrected chi connectivity index (χ0v) is 10.9. The van der Waals surface area contributed by atoms with Crippen LogP contribution in [0.15, 0.2) is 30.3 Å². The van der Waals surface area contributed by atoms with E-state index < -0.39 is 0 Å². The molecule has 2 heteroatoms. The van der Waals surface area contributed by atoms with Crippen molar-refractivity contribution < 1.29 is 4.79 Å². The highest BCUT2D eigenvalue weighted by Crippen LogP contribution is 2.47. The third kappa shape index (κ3) is 2.68. The van der Waals surface area contributed by atoms with Crippen LogP contribution in [-0.4, -0.2) is 12.5 Å². The van der Waals surface area contributed by atoms with Gasteiger partial charge in [-0.05, 0) is 18.4 Å². The number of benzene rings is 1. The molecule has 1 N–H and O–H groups in total. The molecule has 1 aliphatic carbocycles. The number of rotatable bonds is 3. The molecule has 1 fully saturated rings. The SMILES string of the molecule is CC(C)(C)C(=O)NCC1(c2ccccc2)CC1. The van der Waals surface area contributed by atoms with E-state index in [0.717, 1.165) is 6.54 Å². The average molecular weight is 231 g/mol. The van der Waals surface area contributed by atoms with Crippen molar-refractivity contribution in [2.24, 2.45) is 5.41 Å². The van der Waals surface area contributed by atoms with E-state index in [2.05, 4.69) is 29.6 Å². The molecule has 1 aromatic rings. The highest BCUT2D eigenvalue weighted by atomic mass is 16.2. The van der Waals surface area contributed by atoms with E-state index in [1.54, 1.807) is 0 Å². The Morgan fingerprint density at radius 2 is 1.82 bits per heavy atom. The van der Waals surface area contributed by atoms with E-state index in [0.29, 0.717) is 0 Å². The molecule has 0 aliphatic heterocycles. The molecule has 1 aliphatic rings. The van der Waals surface area contributed by atoms with Crippen LogP contribution in [0.3, 0.4) is 0 Å². The monoisotopic (exact) mass is 231 g/mol. The van der Waals surface area contributed by atoms with Gasteiger partial charge in [0.1, 0.15) is 0 Å². The largest absolute Gasteiger partial charge is 0.355 e. The molecule has 1 aromatic carbocycles. The van der Waals surface area contributed by atoms with E-state index in [4.69, 9.17) is 0 Å². The molecule has 0 unspecified atom stereocenters. The van der Waals surface area contributed by atoms with Crippen molar-refractivity contribution in [3.63, 3.8) is 0 Å². The molecule has 0 radical (unpaired) electrons. The fourth-order valence-electron chi connectivity index (χ4n) is 2.02. The van der Waals surface area contributed by atoms with Crippen LogP contribution in [0, 0.1) is 5.41 Å². The number of carbonyl (C=O) groups is 1. The van der Waals surface area contributed by atoms with Crippen LogP contribution < -0.4 is 5.32 Å². The van der Waals surface area contributed by atoms with Crippen molar-refractivity contribution >= 4 is 5.91 Å². The van der Waals surface area contributed by atoms with Crippen LogP contribution in [0.5, 0.6) is 0 Å². The minimum absolute atomic E-state index is 0.139. The molecular weight excluding hydrogens is 210 g/mol. The second-order valence-corrected chi connectivity index (χ2v) is 6.08. The number of hydrogen-bond acceptors (Lipinski definition) is 1. The van der Waals surface area contributed by atoms with Crippen molar-refractivity contribution in [3.05, 3.63) is 35.9 Å². The summed E-state index contributed by atoms with van der Waals surface area (Å²) in [6.07, 6.45) is 2.36. The lowest BCUT2D eigenvalue weighted by Gasteiger charge is -2.22. The van der Waals surface area contributed by atoms with E-state index in [1.807, 2.05) is 26.8 Å². The predicted molar refractivity (Wildman–Crippen MR) is 69.8 cm³/mol. The third-order valence-electron chi connectivity index (χ3n) is 3.51. The predicted octanol–water partition coefficient (Wildman–Crippen LogP) is 2.88. The molecule has 92 valence electrons. The summed E-state index contributed by atoms with van der Waals surface area (Å²) in [6.45, 7) is 6.62. The van der Waals surface area contributed by atoms with Crippen molar-refractivity contribution in [1.29, 1.82) is 0 Å². The lowest BCUT2D eigenvalue weighted by atomic mass is 9.93. The van der Waals surface area contributed by atoms with Gasteiger partial charge in [0.2, 0.25) is 5.91 Å². The first-order chi connectivity index (χ1) is 7.94. The van der Waals surface area contributed by atoms with Gasteiger partial charge in [-0.3, -0.25) is 4.79 Å². The molecule has 0 saturated heterocycles. The topological polar surface area (TPSA) is 29.1 Å². The third-order valence-corrected chi connectivity index (χ3v) is 3.51. The number of nitrogens with one attached hydrogen (secondary N) is 1. The van der Waals surface area contributed by atoms with Crippen LogP contribution >= 0.6 is 0 Å². The normalized spacial score (nSPS) is 17.6. The Hall–Kier alpha value is -1.31. The lowest BCUT2D eigenvalue weighted by Crippen LogP contribution is -2.39. The second kappa shape index (κ2) is 4.17. The van der Waals surface area contributed by atoms with Gasteiger partial charge < -0.3 is 5.32 Å². The summed E-state index contributed by atoms with van der Waals surface area (Å²) in [5.41, 5.74) is 1.27. The zero-order chi connectivity index (χ0) is 12.5. The van der Waals surface area contributed by atoms with Gasteiger partial charge >= 0.3 is 0 Å². The summed E-state index contributed by atoms with van der Waals surface area (Å²) in [6, 6.07) is 10.5.